The van der Waals surface area contributed by atoms with E-state index in [9.17, 15) is 28.7 Å². The maximum Gasteiger partial charge on any atom is 0.472 e. The second-order valence-electron chi connectivity index (χ2n) is 14.3. The van der Waals surface area contributed by atoms with Crippen LogP contribution >= 0.6 is 15.6 Å². The fourth-order valence-corrected chi connectivity index (χ4v) is 6.25. The van der Waals surface area contributed by atoms with E-state index in [1.54, 1.807) is 0 Å². The van der Waals surface area contributed by atoms with Crippen LogP contribution in [0.3, 0.4) is 0 Å². The van der Waals surface area contributed by atoms with Gasteiger partial charge in [-0.1, -0.05) is 137 Å². The second-order valence-corrected chi connectivity index (χ2v) is 16.9. The number of unbranched alkanes of at least 4 members (excludes halogenated alkanes) is 8. The van der Waals surface area contributed by atoms with E-state index in [1.165, 1.54) is 38.5 Å². The second kappa shape index (κ2) is 41.1. The quantitative estimate of drug-likeness (QED) is 0.0196. The van der Waals surface area contributed by atoms with Gasteiger partial charge in [-0.3, -0.25) is 23.2 Å². The lowest BCUT2D eigenvalue weighted by Crippen LogP contribution is -2.29. The molecule has 0 spiro atoms. The van der Waals surface area contributed by atoms with E-state index in [1.807, 2.05) is 24.3 Å². The SMILES string of the molecule is CCCCC/C=C\C/C=C\C/C=C\C/C=C\CCCC(=O)OC[C@H](COP(=O)(O)OC[C@@H](O)COP(=O)(O)O)OC(=O)CCC/C=C\C/C=C\C/C=C\C/C=C\CCCCC. The number of carbonyl (C=O) groups is 2. The average molecular weight is 899 g/mol. The van der Waals surface area contributed by atoms with Gasteiger partial charge in [0.05, 0.1) is 19.8 Å². The Hall–Kier alpha value is -2.96. The standard InChI is InChI=1S/C46H76O13P2/c1-3-5-7-9-11-13-15-17-19-21-23-25-27-29-31-33-35-37-45(48)55-41-44(42-58-61(53,54)57-40-43(47)39-56-60(50,51)52)59-46(49)38-36-34-32-30-28-26-24-22-20-18-16-14-12-10-8-6-4-2/h11-14,17-20,23-26,29-32,43-44,47H,3-10,15-16,21-22,27-28,33-42H2,1-2H3,(H,53,54)(H2,50,51,52)/b13-11-,14-12-,19-17-,20-18-,25-23-,26-24-,31-29-,32-30-/t43-,44+/m0/s1. The number of ether oxygens (including phenoxy) is 2. The first-order valence-electron chi connectivity index (χ1n) is 21.9. The van der Waals surface area contributed by atoms with E-state index in [2.05, 4.69) is 95.8 Å². The average Bonchev–Trinajstić information content (AvgIpc) is 3.22. The number of aliphatic hydroxyl groups excluding tert-OH is 1. The van der Waals surface area contributed by atoms with Crippen molar-refractivity contribution in [2.75, 3.05) is 26.4 Å². The summed E-state index contributed by atoms with van der Waals surface area (Å²) in [5.74, 6) is -1.17. The first kappa shape index (κ1) is 58.0. The Kier molecular flexibility index (Phi) is 39.1. The number of allylic oxidation sites excluding steroid dienone is 16. The number of hydrogen-bond donors (Lipinski definition) is 4. The van der Waals surface area contributed by atoms with Crippen LogP contribution in [-0.4, -0.2) is 70.4 Å². The van der Waals surface area contributed by atoms with Gasteiger partial charge in [-0.2, -0.15) is 0 Å². The van der Waals surface area contributed by atoms with E-state index in [-0.39, 0.29) is 12.8 Å². The zero-order valence-electron chi connectivity index (χ0n) is 36.7. The van der Waals surface area contributed by atoms with Gasteiger partial charge in [-0.05, 0) is 89.9 Å². The van der Waals surface area contributed by atoms with Gasteiger partial charge in [-0.15, -0.1) is 0 Å². The van der Waals surface area contributed by atoms with Crippen LogP contribution in [0.4, 0.5) is 0 Å². The summed E-state index contributed by atoms with van der Waals surface area (Å²) < 4.78 is 47.6. The van der Waals surface area contributed by atoms with E-state index in [0.717, 1.165) is 51.4 Å². The normalized spacial score (nSPS) is 14.9. The van der Waals surface area contributed by atoms with Gasteiger partial charge in [0.2, 0.25) is 0 Å². The third kappa shape index (κ3) is 44.9. The smallest absolute Gasteiger partial charge is 0.462 e. The summed E-state index contributed by atoms with van der Waals surface area (Å²) in [7, 11) is -9.72. The van der Waals surface area contributed by atoms with Crippen LogP contribution in [0, 0.1) is 0 Å². The molecule has 13 nitrogen and oxygen atoms in total. The van der Waals surface area contributed by atoms with Crippen molar-refractivity contribution in [3.63, 3.8) is 0 Å². The van der Waals surface area contributed by atoms with Crippen molar-refractivity contribution >= 4 is 27.6 Å². The minimum atomic E-state index is -4.88. The third-order valence-corrected chi connectivity index (χ3v) is 9.87. The number of carbonyl (C=O) groups excluding carboxylic acids is 2. The number of hydrogen-bond acceptors (Lipinski definition) is 10. The molecule has 0 aromatic heterocycles. The molecule has 3 atom stereocenters. The summed E-state index contributed by atoms with van der Waals surface area (Å²) in [6, 6.07) is 0. The lowest BCUT2D eigenvalue weighted by molar-refractivity contribution is -0.161. The van der Waals surface area contributed by atoms with Crippen LogP contribution in [0.1, 0.15) is 142 Å². The molecule has 0 saturated carbocycles. The lowest BCUT2D eigenvalue weighted by Gasteiger charge is -2.20. The highest BCUT2D eigenvalue weighted by molar-refractivity contribution is 7.47. The molecule has 0 aliphatic rings. The number of phosphoric ester groups is 2. The lowest BCUT2D eigenvalue weighted by atomic mass is 10.2. The van der Waals surface area contributed by atoms with Gasteiger partial charge in [0.15, 0.2) is 6.10 Å². The molecule has 0 bridgehead atoms. The first-order valence-corrected chi connectivity index (χ1v) is 25.0. The largest absolute Gasteiger partial charge is 0.472 e. The summed E-state index contributed by atoms with van der Waals surface area (Å²) >= 11 is 0. The zero-order chi connectivity index (χ0) is 45.1. The molecule has 0 rings (SSSR count). The maximum absolute atomic E-state index is 12.6. The van der Waals surface area contributed by atoms with Crippen molar-refractivity contribution in [2.45, 2.75) is 154 Å². The molecule has 0 aromatic carbocycles. The Balaban J connectivity index is 4.72. The fourth-order valence-electron chi connectivity index (χ4n) is 5.10. The number of esters is 2. The van der Waals surface area contributed by atoms with Crippen molar-refractivity contribution in [2.24, 2.45) is 0 Å². The van der Waals surface area contributed by atoms with Crippen LogP contribution < -0.4 is 0 Å². The highest BCUT2D eigenvalue weighted by atomic mass is 31.2. The Morgan fingerprint density at radius 3 is 1.25 bits per heavy atom. The molecule has 15 heteroatoms. The highest BCUT2D eigenvalue weighted by Crippen LogP contribution is 2.43. The van der Waals surface area contributed by atoms with Crippen LogP contribution in [0.25, 0.3) is 0 Å². The Morgan fingerprint density at radius 1 is 0.475 bits per heavy atom. The molecular weight excluding hydrogens is 822 g/mol. The van der Waals surface area contributed by atoms with E-state index >= 15 is 0 Å². The van der Waals surface area contributed by atoms with E-state index in [0.29, 0.717) is 25.7 Å². The fraction of sp³-hybridized carbons (Fsp3) is 0.609. The van der Waals surface area contributed by atoms with Crippen molar-refractivity contribution in [3.8, 4) is 0 Å². The van der Waals surface area contributed by atoms with E-state index < -0.39 is 66.2 Å². The highest BCUT2D eigenvalue weighted by Gasteiger charge is 2.28. The predicted molar refractivity (Wildman–Crippen MR) is 243 cm³/mol. The molecule has 0 saturated heterocycles. The van der Waals surface area contributed by atoms with Crippen LogP contribution in [0.2, 0.25) is 0 Å². The predicted octanol–water partition coefficient (Wildman–Crippen LogP) is 11.3. The molecule has 1 unspecified atom stereocenters. The maximum atomic E-state index is 12.6. The van der Waals surface area contributed by atoms with Crippen LogP contribution in [0.5, 0.6) is 0 Å². The molecular formula is C46H76O13P2. The van der Waals surface area contributed by atoms with Crippen molar-refractivity contribution in [3.05, 3.63) is 97.2 Å². The van der Waals surface area contributed by atoms with Gasteiger partial charge in [0, 0.05) is 12.8 Å². The van der Waals surface area contributed by atoms with Crippen LogP contribution in [0.15, 0.2) is 97.2 Å². The van der Waals surface area contributed by atoms with Gasteiger partial charge in [0.25, 0.3) is 0 Å². The van der Waals surface area contributed by atoms with Gasteiger partial charge in [0.1, 0.15) is 12.7 Å². The summed E-state index contributed by atoms with van der Waals surface area (Å²) in [5.41, 5.74) is 0. The van der Waals surface area contributed by atoms with Crippen molar-refractivity contribution in [1.29, 1.82) is 0 Å². The molecule has 348 valence electrons. The number of phosphoric acid groups is 2. The van der Waals surface area contributed by atoms with Crippen molar-refractivity contribution < 1.29 is 61.6 Å². The number of rotatable bonds is 40. The summed E-state index contributed by atoms with van der Waals surface area (Å²) in [4.78, 5) is 52.7. The van der Waals surface area contributed by atoms with Crippen LogP contribution in [-0.2, 0) is 41.8 Å². The van der Waals surface area contributed by atoms with E-state index in [4.69, 9.17) is 23.8 Å². The zero-order valence-corrected chi connectivity index (χ0v) is 38.5. The molecule has 0 heterocycles. The topological polar surface area (TPSA) is 195 Å². The molecule has 0 radical (unpaired) electrons. The molecule has 61 heavy (non-hydrogen) atoms. The summed E-state index contributed by atoms with van der Waals surface area (Å²) in [5, 5.41) is 9.74. The van der Waals surface area contributed by atoms with Gasteiger partial charge < -0.3 is 29.3 Å². The Morgan fingerprint density at radius 2 is 0.836 bits per heavy atom. The van der Waals surface area contributed by atoms with Gasteiger partial charge in [-0.25, -0.2) is 9.13 Å². The minimum Gasteiger partial charge on any atom is -0.462 e. The Bertz CT molecular complexity index is 1440. The van der Waals surface area contributed by atoms with Gasteiger partial charge >= 0.3 is 27.6 Å². The molecule has 0 amide bonds. The Labute approximate surface area is 366 Å². The number of aliphatic hydroxyl groups is 1. The molecule has 0 aliphatic carbocycles. The first-order chi connectivity index (χ1) is 29.4. The molecule has 0 aromatic rings. The monoisotopic (exact) mass is 898 g/mol. The molecule has 0 fully saturated rings. The third-order valence-electron chi connectivity index (χ3n) is 8.44. The summed E-state index contributed by atoms with van der Waals surface area (Å²) in [6.07, 6.45) is 48.4. The van der Waals surface area contributed by atoms with Crippen molar-refractivity contribution in [1.82, 2.24) is 0 Å². The summed E-state index contributed by atoms with van der Waals surface area (Å²) in [6.45, 7) is 1.56. The minimum absolute atomic E-state index is 0.0383. The molecule has 4 N–H and O–H groups in total. The molecule has 0 aliphatic heterocycles.